The van der Waals surface area contributed by atoms with Crippen molar-refractivity contribution in [2.75, 3.05) is 26.2 Å². The van der Waals surface area contributed by atoms with E-state index in [1.165, 1.54) is 6.92 Å². The van der Waals surface area contributed by atoms with Gasteiger partial charge in [-0.2, -0.15) is 0 Å². The van der Waals surface area contributed by atoms with Crippen molar-refractivity contribution in [3.8, 4) is 0 Å². The van der Waals surface area contributed by atoms with Gasteiger partial charge in [0.05, 0.1) is 31.7 Å². The SMILES string of the molecule is C[C@H](NC(=O)[C@H](CC(=O)O)NC(=O)[C@H](C)NC(=O)[C@H](CCCCN)NC(=O)[C@H](C)NC(=O)[C@H](CC(=O)O)NC(=O)[C@H](C)NC(=O)[C@H](CCCCN)NC(=O)[C@H](C)NC(=O)[C@H](CC(=O)O)NC(=O)[C@H](C)NC(=O)[C@H](CCCCN)NC(=O)[C@H](C)NC(=O)[C@H](CC(=O)O)NC(=O)[C@H](C)NC(=O)[C@@H](N)CCCCN)C(=O)O. The second kappa shape index (κ2) is 51.5. The van der Waals surface area contributed by atoms with Crippen LogP contribution in [0.25, 0.3) is 0 Å². The third-order valence-corrected chi connectivity index (χ3v) is 16.1. The van der Waals surface area contributed by atoms with E-state index in [-0.39, 0.29) is 64.6 Å². The number of carbonyl (C=O) groups excluding carboxylic acids is 15. The topological polar surface area (TPSA) is 753 Å². The van der Waals surface area contributed by atoms with Crippen LogP contribution < -0.4 is 108 Å². The second-order valence-corrected chi connectivity index (χ2v) is 25.7. The molecule has 0 aliphatic carbocycles. The average molecular weight is 1560 g/mol. The monoisotopic (exact) mass is 1560 g/mol. The molecule has 0 radical (unpaired) electrons. The lowest BCUT2D eigenvalue weighted by Gasteiger charge is -2.26. The minimum absolute atomic E-state index is 0.113. The third-order valence-electron chi connectivity index (χ3n) is 16.1. The van der Waals surface area contributed by atoms with E-state index in [0.29, 0.717) is 38.6 Å². The molecule has 0 aromatic heterocycles. The molecular weight excluding hydrogens is 1450 g/mol. The van der Waals surface area contributed by atoms with Crippen molar-refractivity contribution in [2.24, 2.45) is 28.7 Å². The highest BCUT2D eigenvalue weighted by atomic mass is 16.4. The fourth-order valence-electron chi connectivity index (χ4n) is 9.58. The van der Waals surface area contributed by atoms with Crippen molar-refractivity contribution in [3.05, 3.63) is 0 Å². The molecule has 45 heteroatoms. The molecule has 0 saturated heterocycles. The molecule has 0 aliphatic heterocycles. The van der Waals surface area contributed by atoms with E-state index in [1.54, 1.807) is 0 Å². The number of aliphatic carboxylic acids is 5. The van der Waals surface area contributed by atoms with Crippen molar-refractivity contribution in [2.45, 2.75) is 255 Å². The van der Waals surface area contributed by atoms with Crippen LogP contribution in [0.2, 0.25) is 0 Å². The number of rotatable bonds is 55. The predicted molar refractivity (Wildman–Crippen MR) is 381 cm³/mol. The van der Waals surface area contributed by atoms with Gasteiger partial charge < -0.3 is 134 Å². The van der Waals surface area contributed by atoms with Gasteiger partial charge in [-0.05, 0) is 152 Å². The number of nitrogens with one attached hydrogen (secondary N) is 15. The number of hydrogen-bond acceptors (Lipinski definition) is 25. The number of unbranched alkanes of at least 4 members (excludes halogenated alkanes) is 4. The van der Waals surface area contributed by atoms with Crippen LogP contribution in [0.1, 0.15) is 158 Å². The summed E-state index contributed by atoms with van der Waals surface area (Å²) in [6.07, 6.45) is -1.64. The van der Waals surface area contributed by atoms with Gasteiger partial charge in [0.1, 0.15) is 90.6 Å². The van der Waals surface area contributed by atoms with Gasteiger partial charge in [-0.3, -0.25) is 95.9 Å². The van der Waals surface area contributed by atoms with Gasteiger partial charge >= 0.3 is 29.8 Å². The molecule has 30 N–H and O–H groups in total. The summed E-state index contributed by atoms with van der Waals surface area (Å²) in [5.41, 5.74) is 28.3. The number of carboxylic acid groups (broad SMARTS) is 5. The van der Waals surface area contributed by atoms with Crippen LogP contribution >= 0.6 is 0 Å². The van der Waals surface area contributed by atoms with Crippen LogP contribution in [0.4, 0.5) is 0 Å². The lowest BCUT2D eigenvalue weighted by molar-refractivity contribution is -0.143. The first-order valence-corrected chi connectivity index (χ1v) is 35.2. The van der Waals surface area contributed by atoms with E-state index in [1.807, 2.05) is 5.32 Å². The average Bonchev–Trinajstić information content (AvgIpc) is 0.880. The zero-order chi connectivity index (χ0) is 83.5. The normalized spacial score (nSPS) is 15.3. The lowest BCUT2D eigenvalue weighted by Crippen LogP contribution is -2.60. The van der Waals surface area contributed by atoms with Crippen molar-refractivity contribution < 1.29 is 121 Å². The Morgan fingerprint density at radius 2 is 0.385 bits per heavy atom. The number of hydrogen-bond donors (Lipinski definition) is 25. The molecule has 0 bridgehead atoms. The maximum Gasteiger partial charge on any atom is 0.325 e. The van der Waals surface area contributed by atoms with E-state index in [4.69, 9.17) is 33.8 Å². The maximum absolute atomic E-state index is 13.8. The number of nitrogens with two attached hydrogens (primary N) is 5. The number of amides is 15. The summed E-state index contributed by atoms with van der Waals surface area (Å²) < 4.78 is 0. The van der Waals surface area contributed by atoms with Crippen LogP contribution in [0, 0.1) is 0 Å². The molecule has 0 unspecified atom stereocenters. The van der Waals surface area contributed by atoms with E-state index < -0.39 is 241 Å². The Morgan fingerprint density at radius 3 is 0.569 bits per heavy atom. The van der Waals surface area contributed by atoms with E-state index in [9.17, 15) is 116 Å². The fourth-order valence-corrected chi connectivity index (χ4v) is 9.58. The highest BCUT2D eigenvalue weighted by molar-refractivity contribution is 6.02. The number of carboxylic acids is 5. The van der Waals surface area contributed by atoms with Gasteiger partial charge in [0.2, 0.25) is 88.6 Å². The summed E-state index contributed by atoms with van der Waals surface area (Å²) in [5.74, 6) is -24.0. The summed E-state index contributed by atoms with van der Waals surface area (Å²) >= 11 is 0. The molecule has 0 saturated carbocycles. The Balaban J connectivity index is 6.26. The standard InChI is InChI=1S/C64H110N20O25/c1-29(70-56(100)37(69)17-9-13-21-65)52(96)81-41(25-45(85)86)60(104)74-30(2)49(93)78-38(18-10-14-22-66)57(101)71-33(5)53(97)82-42(26-46(87)88)61(105)75-31(3)50(94)79-39(19-11-15-23-67)58(102)72-34(6)54(98)83-43(27-47(89)90)62(106)76-32(4)51(95)80-40(20-12-16-24-68)59(103)73-35(7)55(99)84-44(28-48(91)92)63(107)77-36(8)64(108)109/h29-44H,9-28,65-69H2,1-8H3,(H,70,100)(H,71,101)(H,72,102)(H,73,103)(H,74,104)(H,75,105)(H,76,106)(H,77,107)(H,78,93)(H,79,94)(H,80,95)(H,81,96)(H,82,97)(H,83,98)(H,84,99)(H,85,86)(H,87,88)(H,89,90)(H,91,92)(H,108,109)/t29-,30-,31-,32-,33-,34-,35-,36-,37-,38-,39-,40-,41-,42-,43-,44-/m0/s1. The first-order valence-electron chi connectivity index (χ1n) is 35.2. The van der Waals surface area contributed by atoms with Crippen molar-refractivity contribution in [1.29, 1.82) is 0 Å². The Morgan fingerprint density at radius 1 is 0.220 bits per heavy atom. The molecule has 0 spiro atoms. The van der Waals surface area contributed by atoms with Crippen molar-refractivity contribution in [3.63, 3.8) is 0 Å². The Labute approximate surface area is 627 Å². The van der Waals surface area contributed by atoms with E-state index in [2.05, 4.69) is 74.4 Å². The van der Waals surface area contributed by atoms with Crippen molar-refractivity contribution in [1.82, 2.24) is 79.8 Å². The van der Waals surface area contributed by atoms with E-state index >= 15 is 0 Å². The summed E-state index contributed by atoms with van der Waals surface area (Å²) in [7, 11) is 0. The first kappa shape index (κ1) is 98.2. The van der Waals surface area contributed by atoms with Crippen LogP contribution in [-0.4, -0.2) is 267 Å². The minimum atomic E-state index is -1.95. The molecular formula is C64H110N20O25. The highest BCUT2D eigenvalue weighted by Crippen LogP contribution is 2.10. The van der Waals surface area contributed by atoms with Crippen LogP contribution in [0.15, 0.2) is 0 Å². The van der Waals surface area contributed by atoms with Crippen molar-refractivity contribution >= 4 is 118 Å². The fraction of sp³-hybridized carbons (Fsp3) is 0.688. The number of carbonyl (C=O) groups is 20. The minimum Gasteiger partial charge on any atom is -0.481 e. The molecule has 15 amide bonds. The van der Waals surface area contributed by atoms with Gasteiger partial charge in [0.15, 0.2) is 0 Å². The molecule has 0 aromatic carbocycles. The Kier molecular flexibility index (Phi) is 46.4. The van der Waals surface area contributed by atoms with Gasteiger partial charge in [-0.25, -0.2) is 0 Å². The van der Waals surface area contributed by atoms with Gasteiger partial charge in [0, 0.05) is 0 Å². The Hall–Kier alpha value is -10.8. The summed E-state index contributed by atoms with van der Waals surface area (Å²) in [6.45, 7) is 9.87. The lowest BCUT2D eigenvalue weighted by atomic mass is 10.1. The van der Waals surface area contributed by atoms with Gasteiger partial charge in [0.25, 0.3) is 0 Å². The molecule has 0 aliphatic rings. The molecule has 45 nitrogen and oxygen atoms in total. The molecule has 109 heavy (non-hydrogen) atoms. The quantitative estimate of drug-likeness (QED) is 0.0252. The molecule has 16 atom stereocenters. The summed E-state index contributed by atoms with van der Waals surface area (Å²) in [6, 6.07) is -25.1. The summed E-state index contributed by atoms with van der Waals surface area (Å²) in [5, 5.41) is 81.4. The smallest absolute Gasteiger partial charge is 0.325 e. The van der Waals surface area contributed by atoms with Crippen LogP contribution in [0.5, 0.6) is 0 Å². The zero-order valence-electron chi connectivity index (χ0n) is 62.2. The predicted octanol–water partition coefficient (Wildman–Crippen LogP) is -9.76. The molecule has 0 aromatic rings. The third kappa shape index (κ3) is 39.6. The van der Waals surface area contributed by atoms with Crippen LogP contribution in [-0.2, 0) is 95.9 Å². The maximum atomic E-state index is 13.8. The zero-order valence-corrected chi connectivity index (χ0v) is 62.2. The van der Waals surface area contributed by atoms with Gasteiger partial charge in [-0.15, -0.1) is 0 Å². The summed E-state index contributed by atoms with van der Waals surface area (Å²) in [4.78, 5) is 259. The van der Waals surface area contributed by atoms with Crippen LogP contribution in [0.3, 0.4) is 0 Å². The molecule has 0 rings (SSSR count). The first-order chi connectivity index (χ1) is 50.9. The Bertz CT molecular complexity index is 3180. The van der Waals surface area contributed by atoms with Gasteiger partial charge in [-0.1, -0.05) is 6.42 Å². The largest absolute Gasteiger partial charge is 0.481 e. The molecule has 616 valence electrons. The second-order valence-electron chi connectivity index (χ2n) is 25.7. The van der Waals surface area contributed by atoms with E-state index in [0.717, 1.165) is 48.5 Å². The molecule has 0 fully saturated rings. The highest BCUT2D eigenvalue weighted by Gasteiger charge is 2.37. The molecule has 0 heterocycles.